The van der Waals surface area contributed by atoms with Crippen molar-refractivity contribution in [3.05, 3.63) is 77.6 Å². The standard InChI is InChI=1S/C43H57FO9/c1-8-9-10-12-30-14-16-31(17-15-30)32-18-20-36(38(44)26-32)33-19-21-39(34(25-33)13-11-23-52-40(45)28(2)3)51-24-22-35(53-41(46)29(4)5)27-37(42(47)49-6)43(48)50-7/h18-21,25-26,30-31,35,37H,2,4,8-17,22-24,27H2,1,3,5-7H3. The number of hydrogen-bond acceptors (Lipinski definition) is 9. The molecule has 0 N–H and O–H groups in total. The van der Waals surface area contributed by atoms with E-state index in [0.29, 0.717) is 41.2 Å². The maximum atomic E-state index is 15.8. The summed E-state index contributed by atoms with van der Waals surface area (Å²) in [5.74, 6) is -2.73. The fourth-order valence-electron chi connectivity index (χ4n) is 6.73. The van der Waals surface area contributed by atoms with E-state index in [1.54, 1.807) is 25.1 Å². The summed E-state index contributed by atoms with van der Waals surface area (Å²) in [5, 5.41) is 0. The lowest BCUT2D eigenvalue weighted by Gasteiger charge is -2.29. The van der Waals surface area contributed by atoms with Gasteiger partial charge in [-0.2, -0.15) is 0 Å². The first-order valence-corrected chi connectivity index (χ1v) is 18.8. The van der Waals surface area contributed by atoms with Crippen molar-refractivity contribution in [1.82, 2.24) is 0 Å². The minimum Gasteiger partial charge on any atom is -0.493 e. The predicted molar refractivity (Wildman–Crippen MR) is 202 cm³/mol. The molecule has 1 atom stereocenters. The van der Waals surface area contributed by atoms with Gasteiger partial charge in [0.25, 0.3) is 0 Å². The zero-order valence-electron chi connectivity index (χ0n) is 32.1. The highest BCUT2D eigenvalue weighted by Crippen LogP contribution is 2.39. The summed E-state index contributed by atoms with van der Waals surface area (Å²) in [4.78, 5) is 49.1. The number of carbonyl (C=O) groups excluding carboxylic acids is 4. The second kappa shape index (κ2) is 21.9. The molecule has 53 heavy (non-hydrogen) atoms. The molecular weight excluding hydrogens is 679 g/mol. The third-order valence-corrected chi connectivity index (χ3v) is 9.86. The van der Waals surface area contributed by atoms with Crippen molar-refractivity contribution < 1.29 is 47.3 Å². The smallest absolute Gasteiger partial charge is 0.333 e. The number of esters is 4. The summed E-state index contributed by atoms with van der Waals surface area (Å²) in [6.07, 6.45) is 9.62. The zero-order chi connectivity index (χ0) is 38.9. The number of hydrogen-bond donors (Lipinski definition) is 0. The molecule has 3 rings (SSSR count). The van der Waals surface area contributed by atoms with E-state index in [2.05, 4.69) is 20.1 Å². The normalized spacial score (nSPS) is 16.0. The summed E-state index contributed by atoms with van der Waals surface area (Å²) >= 11 is 0. The molecule has 2 aromatic rings. The molecule has 10 heteroatoms. The number of methoxy groups -OCH3 is 2. The minimum absolute atomic E-state index is 0.0457. The molecule has 0 radical (unpaired) electrons. The summed E-state index contributed by atoms with van der Waals surface area (Å²) < 4.78 is 42.4. The molecule has 1 fully saturated rings. The lowest BCUT2D eigenvalue weighted by Crippen LogP contribution is -2.33. The van der Waals surface area contributed by atoms with Crippen LogP contribution in [0.1, 0.15) is 108 Å². The monoisotopic (exact) mass is 736 g/mol. The summed E-state index contributed by atoms with van der Waals surface area (Å²) in [6, 6.07) is 11.0. The highest BCUT2D eigenvalue weighted by molar-refractivity contribution is 5.95. The molecule has 0 heterocycles. The van der Waals surface area contributed by atoms with Crippen molar-refractivity contribution in [3.8, 4) is 16.9 Å². The van der Waals surface area contributed by atoms with Gasteiger partial charge in [-0.25, -0.2) is 14.0 Å². The maximum Gasteiger partial charge on any atom is 0.333 e. The van der Waals surface area contributed by atoms with E-state index in [1.165, 1.54) is 45.4 Å². The number of aryl methyl sites for hydroxylation is 1. The van der Waals surface area contributed by atoms with Crippen LogP contribution in [0.25, 0.3) is 11.1 Å². The van der Waals surface area contributed by atoms with Crippen LogP contribution >= 0.6 is 0 Å². The minimum atomic E-state index is -1.31. The van der Waals surface area contributed by atoms with Crippen molar-refractivity contribution in [2.75, 3.05) is 27.4 Å². The Bertz CT molecular complexity index is 1560. The maximum absolute atomic E-state index is 15.8. The topological polar surface area (TPSA) is 114 Å². The van der Waals surface area contributed by atoms with Crippen LogP contribution in [-0.2, 0) is 44.5 Å². The fourth-order valence-corrected chi connectivity index (χ4v) is 6.73. The molecule has 1 aliphatic rings. The predicted octanol–water partition coefficient (Wildman–Crippen LogP) is 9.01. The van der Waals surface area contributed by atoms with E-state index >= 15 is 4.39 Å². The first-order chi connectivity index (χ1) is 25.4. The van der Waals surface area contributed by atoms with Crippen LogP contribution in [0.2, 0.25) is 0 Å². The van der Waals surface area contributed by atoms with Gasteiger partial charge in [0, 0.05) is 29.6 Å². The summed E-state index contributed by atoms with van der Waals surface area (Å²) in [7, 11) is 2.31. The molecule has 290 valence electrons. The van der Waals surface area contributed by atoms with Crippen LogP contribution in [0.4, 0.5) is 4.39 Å². The van der Waals surface area contributed by atoms with E-state index in [0.717, 1.165) is 44.1 Å². The van der Waals surface area contributed by atoms with E-state index in [9.17, 15) is 19.2 Å². The molecule has 0 aliphatic heterocycles. The first kappa shape index (κ1) is 42.9. The van der Waals surface area contributed by atoms with Gasteiger partial charge in [0.1, 0.15) is 17.7 Å². The molecule has 0 bridgehead atoms. The Morgan fingerprint density at radius 1 is 0.849 bits per heavy atom. The Labute approximate surface area is 314 Å². The van der Waals surface area contributed by atoms with Crippen LogP contribution in [0.15, 0.2) is 60.7 Å². The van der Waals surface area contributed by atoms with Gasteiger partial charge >= 0.3 is 23.9 Å². The number of rotatable bonds is 21. The van der Waals surface area contributed by atoms with Crippen LogP contribution in [-0.4, -0.2) is 57.4 Å². The van der Waals surface area contributed by atoms with Crippen LogP contribution in [0.5, 0.6) is 5.75 Å². The SMILES string of the molecule is C=C(C)C(=O)OCCCc1cc(-c2ccc(C3CCC(CCCCC)CC3)cc2F)ccc1OCCC(CC(C(=O)OC)C(=O)OC)OC(=O)C(=C)C. The Morgan fingerprint density at radius 2 is 1.53 bits per heavy atom. The van der Waals surface area contributed by atoms with Crippen LogP contribution in [0, 0.1) is 17.7 Å². The molecule has 1 saturated carbocycles. The van der Waals surface area contributed by atoms with Crippen LogP contribution < -0.4 is 4.74 Å². The number of halogens is 1. The van der Waals surface area contributed by atoms with E-state index in [4.69, 9.17) is 23.7 Å². The molecule has 1 unspecified atom stereocenters. The van der Waals surface area contributed by atoms with Gasteiger partial charge in [-0.3, -0.25) is 9.59 Å². The molecule has 0 spiro atoms. The molecular formula is C43H57FO9. The molecule has 2 aromatic carbocycles. The second-order valence-electron chi connectivity index (χ2n) is 14.1. The van der Waals surface area contributed by atoms with Crippen molar-refractivity contribution in [3.63, 3.8) is 0 Å². The Kier molecular flexibility index (Phi) is 17.8. The largest absolute Gasteiger partial charge is 0.493 e. The van der Waals surface area contributed by atoms with Crippen LogP contribution in [0.3, 0.4) is 0 Å². The first-order valence-electron chi connectivity index (χ1n) is 18.8. The molecule has 0 saturated heterocycles. The van der Waals surface area contributed by atoms with Crippen molar-refractivity contribution in [1.29, 1.82) is 0 Å². The number of ether oxygens (including phenoxy) is 5. The van der Waals surface area contributed by atoms with Gasteiger partial charge in [-0.1, -0.05) is 64.0 Å². The second-order valence-corrected chi connectivity index (χ2v) is 14.1. The van der Waals surface area contributed by atoms with Gasteiger partial charge in [-0.15, -0.1) is 0 Å². The van der Waals surface area contributed by atoms with Crippen molar-refractivity contribution in [2.45, 2.75) is 110 Å². The van der Waals surface area contributed by atoms with E-state index < -0.39 is 35.9 Å². The number of unbranched alkanes of at least 4 members (excludes halogenated alkanes) is 2. The number of benzene rings is 2. The molecule has 9 nitrogen and oxygen atoms in total. The average molecular weight is 737 g/mol. The lowest BCUT2D eigenvalue weighted by atomic mass is 9.77. The van der Waals surface area contributed by atoms with Crippen molar-refractivity contribution in [2.24, 2.45) is 11.8 Å². The molecule has 1 aliphatic carbocycles. The Balaban J connectivity index is 1.79. The average Bonchev–Trinajstić information content (AvgIpc) is 3.15. The van der Waals surface area contributed by atoms with Crippen molar-refractivity contribution >= 4 is 23.9 Å². The van der Waals surface area contributed by atoms with Gasteiger partial charge in [0.2, 0.25) is 0 Å². The lowest BCUT2D eigenvalue weighted by molar-refractivity contribution is -0.163. The van der Waals surface area contributed by atoms with Gasteiger partial charge < -0.3 is 23.7 Å². The summed E-state index contributed by atoms with van der Waals surface area (Å²) in [6.45, 7) is 12.7. The van der Waals surface area contributed by atoms with Gasteiger partial charge in [0.15, 0.2) is 5.92 Å². The van der Waals surface area contributed by atoms with Gasteiger partial charge in [0.05, 0.1) is 27.4 Å². The third-order valence-electron chi connectivity index (χ3n) is 9.86. The zero-order valence-corrected chi connectivity index (χ0v) is 32.1. The molecule has 0 amide bonds. The summed E-state index contributed by atoms with van der Waals surface area (Å²) in [5.41, 5.74) is 3.42. The molecule has 0 aromatic heterocycles. The van der Waals surface area contributed by atoms with E-state index in [-0.39, 0.29) is 37.4 Å². The fraction of sp³-hybridized carbons (Fsp3) is 0.535. The highest BCUT2D eigenvalue weighted by Gasteiger charge is 2.33. The highest BCUT2D eigenvalue weighted by atomic mass is 19.1. The third kappa shape index (κ3) is 13.5. The Morgan fingerprint density at radius 3 is 2.13 bits per heavy atom. The van der Waals surface area contributed by atoms with E-state index in [1.807, 2.05) is 18.2 Å². The number of carbonyl (C=O) groups is 4. The quantitative estimate of drug-likeness (QED) is 0.0407. The Hall–Kier alpha value is -4.47. The van der Waals surface area contributed by atoms with Gasteiger partial charge in [-0.05, 0) is 99.1 Å².